The number of rotatable bonds is 11. The van der Waals surface area contributed by atoms with Gasteiger partial charge in [-0.3, -0.25) is 4.79 Å². The highest BCUT2D eigenvalue weighted by Gasteiger charge is 2.50. The maximum Gasteiger partial charge on any atom is 0.317 e. The molecule has 5 heteroatoms. The number of halogens is 1. The van der Waals surface area contributed by atoms with Crippen molar-refractivity contribution in [3.8, 4) is 0 Å². The number of unbranched alkanes of at least 4 members (excludes halogenated alkanes) is 1. The van der Waals surface area contributed by atoms with E-state index < -0.39 is 17.6 Å². The second kappa shape index (κ2) is 9.25. The fourth-order valence-corrected chi connectivity index (χ4v) is 4.01. The lowest BCUT2D eigenvalue weighted by Crippen LogP contribution is -2.40. The number of ether oxygens (including phenoxy) is 1. The quantitative estimate of drug-likeness (QED) is 0.494. The predicted molar refractivity (Wildman–Crippen MR) is 95.0 cm³/mol. The molecular formula is C20H31FO4. The number of carbonyl (C=O) groups is 1. The van der Waals surface area contributed by atoms with E-state index in [1.54, 1.807) is 0 Å². The van der Waals surface area contributed by atoms with E-state index in [2.05, 4.69) is 0 Å². The Morgan fingerprint density at radius 1 is 1.44 bits per heavy atom. The molecule has 0 amide bonds. The summed E-state index contributed by atoms with van der Waals surface area (Å²) in [6.07, 6.45) is 8.91. The lowest BCUT2D eigenvalue weighted by molar-refractivity contribution is -0.152. The first kappa shape index (κ1) is 19.8. The van der Waals surface area contributed by atoms with Crippen molar-refractivity contribution < 1.29 is 24.1 Å². The van der Waals surface area contributed by atoms with E-state index >= 15 is 0 Å². The van der Waals surface area contributed by atoms with Crippen molar-refractivity contribution in [2.45, 2.75) is 77.3 Å². The van der Waals surface area contributed by atoms with Crippen molar-refractivity contribution in [2.75, 3.05) is 6.61 Å². The molecule has 25 heavy (non-hydrogen) atoms. The van der Waals surface area contributed by atoms with E-state index in [4.69, 9.17) is 4.74 Å². The first-order valence-electron chi connectivity index (χ1n) is 9.59. The number of hydrogen-bond donors (Lipinski definition) is 2. The summed E-state index contributed by atoms with van der Waals surface area (Å²) in [5.41, 5.74) is -1.32. The number of hydrogen-bond acceptors (Lipinski definition) is 3. The number of carboxylic acid groups (broad SMARTS) is 1. The Balaban J connectivity index is 2.16. The molecule has 1 saturated carbocycles. The van der Waals surface area contributed by atoms with Crippen molar-refractivity contribution in [1.82, 2.24) is 0 Å². The van der Waals surface area contributed by atoms with Gasteiger partial charge in [-0.05, 0) is 43.8 Å². The minimum absolute atomic E-state index is 0.0762. The molecule has 1 fully saturated rings. The molecular weight excluding hydrogens is 323 g/mol. The van der Waals surface area contributed by atoms with Gasteiger partial charge < -0.3 is 14.9 Å². The van der Waals surface area contributed by atoms with E-state index in [1.807, 2.05) is 13.0 Å². The Labute approximate surface area is 149 Å². The number of carboxylic acids is 1. The van der Waals surface area contributed by atoms with Crippen LogP contribution in [0.15, 0.2) is 23.7 Å². The Kier molecular flexibility index (Phi) is 7.33. The number of aliphatic carboxylic acids is 1. The zero-order valence-electron chi connectivity index (χ0n) is 15.2. The minimum atomic E-state index is -1.32. The number of alkyl halides is 1. The Morgan fingerprint density at radius 3 is 2.64 bits per heavy atom. The van der Waals surface area contributed by atoms with Gasteiger partial charge in [-0.2, -0.15) is 0 Å². The van der Waals surface area contributed by atoms with Crippen molar-refractivity contribution in [2.24, 2.45) is 11.3 Å². The fraction of sp³-hybridized carbons (Fsp3) is 0.750. The van der Waals surface area contributed by atoms with Crippen LogP contribution in [-0.2, 0) is 9.53 Å². The summed E-state index contributed by atoms with van der Waals surface area (Å²) >= 11 is 0. The fourth-order valence-electron chi connectivity index (χ4n) is 4.01. The van der Waals surface area contributed by atoms with Crippen LogP contribution in [0.3, 0.4) is 0 Å². The van der Waals surface area contributed by atoms with Crippen LogP contribution in [0.4, 0.5) is 4.39 Å². The van der Waals surface area contributed by atoms with Gasteiger partial charge in [-0.15, -0.1) is 0 Å². The van der Waals surface area contributed by atoms with Gasteiger partial charge in [0.05, 0.1) is 5.76 Å². The second-order valence-electron chi connectivity index (χ2n) is 7.30. The second-order valence-corrected chi connectivity index (χ2v) is 7.30. The Morgan fingerprint density at radius 2 is 2.12 bits per heavy atom. The normalized spacial score (nSPS) is 21.8. The molecule has 142 valence electrons. The molecule has 1 unspecified atom stereocenters. The van der Waals surface area contributed by atoms with Crippen LogP contribution in [0.25, 0.3) is 0 Å². The molecule has 0 bridgehead atoms. The average molecular weight is 354 g/mol. The van der Waals surface area contributed by atoms with Crippen LogP contribution in [-0.4, -0.2) is 29.0 Å². The van der Waals surface area contributed by atoms with Gasteiger partial charge in [0, 0.05) is 12.8 Å². The molecule has 0 saturated heterocycles. The molecule has 4 nitrogen and oxygen atoms in total. The lowest BCUT2D eigenvalue weighted by Gasteiger charge is -2.35. The summed E-state index contributed by atoms with van der Waals surface area (Å²) in [6, 6.07) is 0. The Bertz CT molecular complexity index is 508. The monoisotopic (exact) mass is 354 g/mol. The minimum Gasteiger partial charge on any atom is -0.511 e. The molecule has 1 aliphatic heterocycles. The van der Waals surface area contributed by atoms with Crippen LogP contribution in [0.1, 0.15) is 71.1 Å². The Hall–Kier alpha value is -1.52. The molecule has 1 heterocycles. The summed E-state index contributed by atoms with van der Waals surface area (Å²) in [5, 5.41) is 20.7. The van der Waals surface area contributed by atoms with Crippen LogP contribution >= 0.6 is 0 Å². The third kappa shape index (κ3) is 4.77. The molecule has 0 aromatic rings. The number of aliphatic hydroxyl groups is 1. The lowest BCUT2D eigenvalue weighted by atomic mass is 9.69. The summed E-state index contributed by atoms with van der Waals surface area (Å²) in [6.45, 7) is 2.58. The van der Waals surface area contributed by atoms with Gasteiger partial charge in [0.2, 0.25) is 0 Å². The van der Waals surface area contributed by atoms with Gasteiger partial charge in [0.25, 0.3) is 0 Å². The largest absolute Gasteiger partial charge is 0.511 e. The third-order valence-electron chi connectivity index (χ3n) is 5.67. The van der Waals surface area contributed by atoms with Gasteiger partial charge in [-0.25, -0.2) is 4.39 Å². The average Bonchev–Trinajstić information content (AvgIpc) is 3.07. The summed E-state index contributed by atoms with van der Waals surface area (Å²) in [7, 11) is 0. The summed E-state index contributed by atoms with van der Waals surface area (Å²) < 4.78 is 19.3. The topological polar surface area (TPSA) is 66.8 Å². The van der Waals surface area contributed by atoms with E-state index in [0.29, 0.717) is 25.9 Å². The molecule has 0 aromatic heterocycles. The van der Waals surface area contributed by atoms with E-state index in [1.165, 1.54) is 6.08 Å². The maximum atomic E-state index is 14.0. The van der Waals surface area contributed by atoms with E-state index in [9.17, 15) is 19.4 Å². The zero-order chi connectivity index (χ0) is 18.3. The van der Waals surface area contributed by atoms with Gasteiger partial charge in [0.15, 0.2) is 0 Å². The standard InChI is InChI=1S/C20H31FO4/c1-2-3-8-16(21)9-10-18(22)20(19(23)24,15-6-4-5-7-15)13-11-17-12-14-25-17/h10,12,15-16,22H,2-9,11,13-14H2,1H3,(H,23,24)/b18-10+/t16?,20-/m1/s1. The summed E-state index contributed by atoms with van der Waals surface area (Å²) in [5.74, 6) is -0.471. The van der Waals surface area contributed by atoms with Crippen LogP contribution in [0.5, 0.6) is 0 Å². The molecule has 0 spiro atoms. The predicted octanol–water partition coefficient (Wildman–Crippen LogP) is 5.30. The third-order valence-corrected chi connectivity index (χ3v) is 5.67. The molecule has 2 rings (SSSR count). The van der Waals surface area contributed by atoms with Crippen LogP contribution in [0.2, 0.25) is 0 Å². The number of allylic oxidation sites excluding steroid dienone is 2. The molecule has 2 atom stereocenters. The van der Waals surface area contributed by atoms with Crippen molar-refractivity contribution in [3.05, 3.63) is 23.7 Å². The van der Waals surface area contributed by atoms with Gasteiger partial charge >= 0.3 is 5.97 Å². The molecule has 0 radical (unpaired) electrons. The van der Waals surface area contributed by atoms with Crippen molar-refractivity contribution in [3.63, 3.8) is 0 Å². The highest BCUT2D eigenvalue weighted by atomic mass is 19.1. The van der Waals surface area contributed by atoms with Crippen LogP contribution in [0, 0.1) is 11.3 Å². The van der Waals surface area contributed by atoms with Crippen molar-refractivity contribution >= 4 is 5.97 Å². The molecule has 1 aliphatic carbocycles. The SMILES string of the molecule is CCCCC(F)C/C=C(/O)[C@](CCC1=CCO1)(C(=O)O)C1CCCC1. The van der Waals surface area contributed by atoms with E-state index in [0.717, 1.165) is 44.3 Å². The molecule has 2 aliphatic rings. The maximum absolute atomic E-state index is 14.0. The number of aliphatic hydroxyl groups excluding tert-OH is 1. The highest BCUT2D eigenvalue weighted by molar-refractivity contribution is 5.78. The van der Waals surface area contributed by atoms with Crippen LogP contribution < -0.4 is 0 Å². The van der Waals surface area contributed by atoms with Crippen molar-refractivity contribution in [1.29, 1.82) is 0 Å². The highest BCUT2D eigenvalue weighted by Crippen LogP contribution is 2.48. The molecule has 2 N–H and O–H groups in total. The summed E-state index contributed by atoms with van der Waals surface area (Å²) in [4.78, 5) is 12.2. The molecule has 0 aromatic carbocycles. The van der Waals surface area contributed by atoms with E-state index in [-0.39, 0.29) is 18.1 Å². The first-order valence-corrected chi connectivity index (χ1v) is 9.59. The van der Waals surface area contributed by atoms with Gasteiger partial charge in [0.1, 0.15) is 24.0 Å². The first-order chi connectivity index (χ1) is 12.0. The smallest absolute Gasteiger partial charge is 0.317 e. The van der Waals surface area contributed by atoms with Gasteiger partial charge in [-0.1, -0.05) is 32.6 Å². The zero-order valence-corrected chi connectivity index (χ0v) is 15.2.